The molecule has 1 atom stereocenters. The zero-order chi connectivity index (χ0) is 11.1. The van der Waals surface area contributed by atoms with Gasteiger partial charge in [-0.15, -0.1) is 0 Å². The van der Waals surface area contributed by atoms with Gasteiger partial charge >= 0.3 is 0 Å². The maximum Gasteiger partial charge on any atom is 0.260 e. The van der Waals surface area contributed by atoms with Crippen LogP contribution in [-0.4, -0.2) is 24.6 Å². The Balaban J connectivity index is 2.20. The summed E-state index contributed by atoms with van der Waals surface area (Å²) in [5, 5.41) is 3.34. The highest BCUT2D eigenvalue weighted by Crippen LogP contribution is 2.17. The van der Waals surface area contributed by atoms with Crippen molar-refractivity contribution in [2.75, 3.05) is 6.61 Å². The third-order valence-corrected chi connectivity index (χ3v) is 2.80. The van der Waals surface area contributed by atoms with E-state index in [2.05, 4.69) is 10.8 Å². The topological polar surface area (TPSA) is 50.4 Å². The molecule has 0 aromatic heterocycles. The summed E-state index contributed by atoms with van der Waals surface area (Å²) in [4.78, 5) is 16.3. The molecule has 0 saturated heterocycles. The number of hydrogen-bond donors (Lipinski definition) is 2. The molecule has 1 amide bonds. The molecule has 0 radical (unpaired) electrons. The van der Waals surface area contributed by atoms with Crippen molar-refractivity contribution in [3.63, 3.8) is 0 Å². The van der Waals surface area contributed by atoms with Crippen LogP contribution in [0.2, 0.25) is 0 Å². The Labute approximate surface area is 91.7 Å². The van der Waals surface area contributed by atoms with E-state index in [1.165, 1.54) is 32.1 Å². The molecular weight excluding hydrogens is 192 g/mol. The van der Waals surface area contributed by atoms with Crippen LogP contribution in [0.5, 0.6) is 0 Å². The number of carbonyl (C=O) groups excluding carboxylic acids is 1. The highest BCUT2D eigenvalue weighted by Gasteiger charge is 2.19. The third-order valence-electron chi connectivity index (χ3n) is 2.80. The van der Waals surface area contributed by atoms with E-state index in [9.17, 15) is 4.79 Å². The van der Waals surface area contributed by atoms with Crippen molar-refractivity contribution in [3.8, 4) is 0 Å². The van der Waals surface area contributed by atoms with Crippen molar-refractivity contribution in [1.29, 1.82) is 0 Å². The molecule has 15 heavy (non-hydrogen) atoms. The third kappa shape index (κ3) is 4.62. The van der Waals surface area contributed by atoms with Gasteiger partial charge in [-0.05, 0) is 26.7 Å². The minimum atomic E-state index is -0.167. The standard InChI is InChI=1S/C11H22N2O2/c1-3-15-13-11(14)9(2)12-10-7-5-4-6-8-10/h9-10,12H,3-8H2,1-2H3,(H,13,14). The van der Waals surface area contributed by atoms with E-state index >= 15 is 0 Å². The quantitative estimate of drug-likeness (QED) is 0.679. The molecule has 2 N–H and O–H groups in total. The van der Waals surface area contributed by atoms with Gasteiger partial charge in [-0.1, -0.05) is 19.3 Å². The largest absolute Gasteiger partial charge is 0.303 e. The van der Waals surface area contributed by atoms with Gasteiger partial charge in [0.05, 0.1) is 12.6 Å². The first kappa shape index (κ1) is 12.5. The Kier molecular flexibility index (Phi) is 5.65. The summed E-state index contributed by atoms with van der Waals surface area (Å²) in [5.41, 5.74) is 2.42. The van der Waals surface area contributed by atoms with Gasteiger partial charge in [0.15, 0.2) is 0 Å². The molecule has 4 nitrogen and oxygen atoms in total. The summed E-state index contributed by atoms with van der Waals surface area (Å²) in [5.74, 6) is -0.0811. The summed E-state index contributed by atoms with van der Waals surface area (Å²) in [6.07, 6.45) is 6.26. The normalized spacial score (nSPS) is 19.9. The van der Waals surface area contributed by atoms with E-state index in [1.807, 2.05) is 13.8 Å². The van der Waals surface area contributed by atoms with Crippen LogP contribution in [0.1, 0.15) is 46.0 Å². The van der Waals surface area contributed by atoms with Crippen LogP contribution in [-0.2, 0) is 9.63 Å². The van der Waals surface area contributed by atoms with E-state index in [0.717, 1.165) is 0 Å². The van der Waals surface area contributed by atoms with Gasteiger partial charge in [-0.2, -0.15) is 0 Å². The molecule has 4 heteroatoms. The summed E-state index contributed by atoms with van der Waals surface area (Å²) >= 11 is 0. The van der Waals surface area contributed by atoms with Crippen LogP contribution in [0.4, 0.5) is 0 Å². The van der Waals surface area contributed by atoms with Crippen molar-refractivity contribution in [2.45, 2.75) is 58.0 Å². The second-order valence-corrected chi connectivity index (χ2v) is 4.12. The van der Waals surface area contributed by atoms with Gasteiger partial charge < -0.3 is 5.32 Å². The fourth-order valence-electron chi connectivity index (χ4n) is 1.93. The molecule has 0 aromatic carbocycles. The Morgan fingerprint density at radius 2 is 2.07 bits per heavy atom. The molecule has 0 aromatic rings. The lowest BCUT2D eigenvalue weighted by Crippen LogP contribution is -2.47. The zero-order valence-electron chi connectivity index (χ0n) is 9.71. The average Bonchev–Trinajstić information content (AvgIpc) is 2.27. The van der Waals surface area contributed by atoms with E-state index in [1.54, 1.807) is 0 Å². The smallest absolute Gasteiger partial charge is 0.260 e. The highest BCUT2D eigenvalue weighted by molar-refractivity contribution is 5.80. The van der Waals surface area contributed by atoms with Gasteiger partial charge in [0.1, 0.15) is 0 Å². The molecule has 1 unspecified atom stereocenters. The summed E-state index contributed by atoms with van der Waals surface area (Å²) < 4.78 is 0. The van der Waals surface area contributed by atoms with Crippen LogP contribution in [0.25, 0.3) is 0 Å². The van der Waals surface area contributed by atoms with Crippen molar-refractivity contribution in [2.24, 2.45) is 0 Å². The maximum atomic E-state index is 11.5. The van der Waals surface area contributed by atoms with Crippen molar-refractivity contribution in [1.82, 2.24) is 10.8 Å². The van der Waals surface area contributed by atoms with Crippen LogP contribution in [0, 0.1) is 0 Å². The monoisotopic (exact) mass is 214 g/mol. The van der Waals surface area contributed by atoms with E-state index < -0.39 is 0 Å². The molecule has 1 fully saturated rings. The number of rotatable bonds is 5. The SMILES string of the molecule is CCONC(=O)C(C)NC1CCCCC1. The molecule has 1 saturated carbocycles. The minimum Gasteiger partial charge on any atom is -0.303 e. The Bertz CT molecular complexity index is 191. The number of hydrogen-bond acceptors (Lipinski definition) is 3. The molecule has 0 bridgehead atoms. The molecular formula is C11H22N2O2. The lowest BCUT2D eigenvalue weighted by Gasteiger charge is -2.25. The fraction of sp³-hybridized carbons (Fsp3) is 0.909. The van der Waals surface area contributed by atoms with Crippen molar-refractivity contribution < 1.29 is 9.63 Å². The van der Waals surface area contributed by atoms with Gasteiger partial charge in [-0.3, -0.25) is 9.63 Å². The van der Waals surface area contributed by atoms with E-state index in [4.69, 9.17) is 4.84 Å². The van der Waals surface area contributed by atoms with Crippen LogP contribution in [0.15, 0.2) is 0 Å². The summed E-state index contributed by atoms with van der Waals surface area (Å²) in [6, 6.07) is 0.334. The van der Waals surface area contributed by atoms with Crippen molar-refractivity contribution >= 4 is 5.91 Å². The van der Waals surface area contributed by atoms with Gasteiger partial charge in [-0.25, -0.2) is 5.48 Å². The predicted octanol–water partition coefficient (Wildman–Crippen LogP) is 1.36. The maximum absolute atomic E-state index is 11.5. The number of hydroxylamine groups is 1. The fourth-order valence-corrected chi connectivity index (χ4v) is 1.93. The number of amides is 1. The van der Waals surface area contributed by atoms with Gasteiger partial charge in [0.2, 0.25) is 0 Å². The van der Waals surface area contributed by atoms with Crippen LogP contribution >= 0.6 is 0 Å². The zero-order valence-corrected chi connectivity index (χ0v) is 9.71. The lowest BCUT2D eigenvalue weighted by atomic mass is 9.95. The first-order valence-electron chi connectivity index (χ1n) is 5.91. The number of nitrogens with one attached hydrogen (secondary N) is 2. The Hall–Kier alpha value is -0.610. The van der Waals surface area contributed by atoms with Gasteiger partial charge in [0, 0.05) is 6.04 Å². The second kappa shape index (κ2) is 6.80. The minimum absolute atomic E-state index is 0.0811. The molecule has 0 aliphatic heterocycles. The Morgan fingerprint density at radius 3 is 2.67 bits per heavy atom. The van der Waals surface area contributed by atoms with E-state index in [0.29, 0.717) is 12.6 Å². The number of carbonyl (C=O) groups is 1. The van der Waals surface area contributed by atoms with Crippen LogP contribution in [0.3, 0.4) is 0 Å². The van der Waals surface area contributed by atoms with Crippen LogP contribution < -0.4 is 10.8 Å². The molecule has 0 heterocycles. The second-order valence-electron chi connectivity index (χ2n) is 4.12. The molecule has 1 rings (SSSR count). The van der Waals surface area contributed by atoms with E-state index in [-0.39, 0.29) is 11.9 Å². The summed E-state index contributed by atoms with van der Waals surface area (Å²) in [7, 11) is 0. The van der Waals surface area contributed by atoms with Gasteiger partial charge in [0.25, 0.3) is 5.91 Å². The molecule has 1 aliphatic rings. The highest BCUT2D eigenvalue weighted by atomic mass is 16.6. The first-order chi connectivity index (χ1) is 7.24. The first-order valence-corrected chi connectivity index (χ1v) is 5.91. The molecule has 0 spiro atoms. The molecule has 88 valence electrons. The lowest BCUT2D eigenvalue weighted by molar-refractivity contribution is -0.135. The molecule has 1 aliphatic carbocycles. The average molecular weight is 214 g/mol. The van der Waals surface area contributed by atoms with Crippen molar-refractivity contribution in [3.05, 3.63) is 0 Å². The Morgan fingerprint density at radius 1 is 1.40 bits per heavy atom. The predicted molar refractivity (Wildman–Crippen MR) is 59.2 cm³/mol. The summed E-state index contributed by atoms with van der Waals surface area (Å²) in [6.45, 7) is 4.23.